The number of aromatic hydroxyl groups is 1. The molecule has 0 aliphatic heterocycles. The molecular formula is C33H28O. The van der Waals surface area contributed by atoms with Crippen LogP contribution in [-0.2, 0) is 19.3 Å². The molecule has 0 aromatic heterocycles. The quantitative estimate of drug-likeness (QED) is 0.273. The number of phenols is 1. The topological polar surface area (TPSA) is 20.2 Å². The van der Waals surface area contributed by atoms with Gasteiger partial charge in [-0.3, -0.25) is 0 Å². The summed E-state index contributed by atoms with van der Waals surface area (Å²) in [6.07, 6.45) is 2.59. The monoisotopic (exact) mass is 440 g/mol. The first-order valence-electron chi connectivity index (χ1n) is 11.8. The van der Waals surface area contributed by atoms with E-state index in [0.29, 0.717) is 5.75 Å². The van der Waals surface area contributed by atoms with Crippen LogP contribution in [0.3, 0.4) is 0 Å². The molecule has 0 radical (unpaired) electrons. The van der Waals surface area contributed by atoms with Crippen LogP contribution in [0.4, 0.5) is 0 Å². The Hall–Kier alpha value is -4.10. The first kappa shape index (κ1) is 21.7. The standard InChI is InChI=1S/C33H28O/c34-33-19-11-10-18-31(33)30-23-28(20-25-12-4-1-5-13-25)32(22-27-16-8-3-9-17-27)29(24-30)21-26-14-6-2-7-15-26/h1-19,23-24,34H,20-22H2. The third-order valence-corrected chi connectivity index (χ3v) is 6.35. The summed E-state index contributed by atoms with van der Waals surface area (Å²) in [5, 5.41) is 10.6. The maximum absolute atomic E-state index is 10.6. The van der Waals surface area contributed by atoms with E-state index in [-0.39, 0.29) is 0 Å². The molecule has 1 N–H and O–H groups in total. The molecule has 0 saturated heterocycles. The summed E-state index contributed by atoms with van der Waals surface area (Å²) in [7, 11) is 0. The van der Waals surface area contributed by atoms with E-state index in [1.54, 1.807) is 6.07 Å². The lowest BCUT2D eigenvalue weighted by atomic mass is 9.85. The van der Waals surface area contributed by atoms with Crippen LogP contribution in [0.2, 0.25) is 0 Å². The Morgan fingerprint density at radius 1 is 0.441 bits per heavy atom. The van der Waals surface area contributed by atoms with Crippen molar-refractivity contribution in [3.05, 3.63) is 161 Å². The molecule has 0 unspecified atom stereocenters. The lowest BCUT2D eigenvalue weighted by molar-refractivity contribution is 0.477. The van der Waals surface area contributed by atoms with Gasteiger partial charge < -0.3 is 5.11 Å². The highest BCUT2D eigenvalue weighted by Crippen LogP contribution is 2.34. The van der Waals surface area contributed by atoms with Crippen molar-refractivity contribution in [1.29, 1.82) is 0 Å². The first-order chi connectivity index (χ1) is 16.8. The second-order valence-corrected chi connectivity index (χ2v) is 8.78. The van der Waals surface area contributed by atoms with Crippen LogP contribution in [0.15, 0.2) is 127 Å². The van der Waals surface area contributed by atoms with Gasteiger partial charge in [-0.1, -0.05) is 121 Å². The SMILES string of the molecule is Oc1ccccc1-c1cc(Cc2ccccc2)c(Cc2ccccc2)c(Cc2ccccc2)c1. The molecule has 0 aliphatic carbocycles. The van der Waals surface area contributed by atoms with Gasteiger partial charge in [0.2, 0.25) is 0 Å². The highest BCUT2D eigenvalue weighted by atomic mass is 16.3. The maximum Gasteiger partial charge on any atom is 0.123 e. The number of hydrogen-bond donors (Lipinski definition) is 1. The van der Waals surface area contributed by atoms with Gasteiger partial charge >= 0.3 is 0 Å². The van der Waals surface area contributed by atoms with E-state index in [2.05, 4.69) is 103 Å². The van der Waals surface area contributed by atoms with Crippen LogP contribution in [-0.4, -0.2) is 5.11 Å². The Bertz CT molecular complexity index is 1290. The Labute approximate surface area is 202 Å². The second kappa shape index (κ2) is 10.2. The molecule has 0 aliphatic rings. The fourth-order valence-electron chi connectivity index (χ4n) is 4.64. The summed E-state index contributed by atoms with van der Waals surface area (Å²) < 4.78 is 0. The third kappa shape index (κ3) is 5.10. The number of phenolic OH excluding ortho intramolecular Hbond substituents is 1. The van der Waals surface area contributed by atoms with Crippen LogP contribution >= 0.6 is 0 Å². The molecule has 0 saturated carbocycles. The van der Waals surface area contributed by atoms with E-state index >= 15 is 0 Å². The van der Waals surface area contributed by atoms with Crippen LogP contribution in [0.25, 0.3) is 11.1 Å². The molecule has 0 amide bonds. The van der Waals surface area contributed by atoms with Crippen molar-refractivity contribution in [3.8, 4) is 16.9 Å². The highest BCUT2D eigenvalue weighted by molar-refractivity contribution is 5.72. The minimum Gasteiger partial charge on any atom is -0.507 e. The molecule has 0 heterocycles. The Kier molecular flexibility index (Phi) is 6.54. The maximum atomic E-state index is 10.6. The summed E-state index contributed by atoms with van der Waals surface area (Å²) in [5.41, 5.74) is 9.81. The Morgan fingerprint density at radius 3 is 1.32 bits per heavy atom. The van der Waals surface area contributed by atoms with E-state index in [4.69, 9.17) is 0 Å². The summed E-state index contributed by atoms with van der Waals surface area (Å²) in [5.74, 6) is 0.314. The van der Waals surface area contributed by atoms with E-state index in [0.717, 1.165) is 30.4 Å². The van der Waals surface area contributed by atoms with Crippen molar-refractivity contribution in [2.24, 2.45) is 0 Å². The van der Waals surface area contributed by atoms with Gasteiger partial charge in [0.05, 0.1) is 0 Å². The first-order valence-corrected chi connectivity index (χ1v) is 11.8. The molecule has 166 valence electrons. The van der Waals surface area contributed by atoms with Gasteiger partial charge in [-0.2, -0.15) is 0 Å². The molecule has 0 spiro atoms. The van der Waals surface area contributed by atoms with Gasteiger partial charge in [0, 0.05) is 5.56 Å². The van der Waals surface area contributed by atoms with Gasteiger partial charge in [-0.05, 0) is 64.3 Å². The third-order valence-electron chi connectivity index (χ3n) is 6.35. The molecular weight excluding hydrogens is 412 g/mol. The zero-order valence-corrected chi connectivity index (χ0v) is 19.2. The molecule has 5 aromatic carbocycles. The fraction of sp³-hybridized carbons (Fsp3) is 0.0909. The lowest BCUT2D eigenvalue weighted by Crippen LogP contribution is -2.05. The summed E-state index contributed by atoms with van der Waals surface area (Å²) in [6, 6.07) is 44.2. The average Bonchev–Trinajstić information content (AvgIpc) is 2.88. The van der Waals surface area contributed by atoms with Crippen LogP contribution in [0, 0.1) is 0 Å². The van der Waals surface area contributed by atoms with Crippen molar-refractivity contribution in [3.63, 3.8) is 0 Å². The zero-order valence-electron chi connectivity index (χ0n) is 19.2. The predicted octanol–water partition coefficient (Wildman–Crippen LogP) is 7.83. The molecule has 1 nitrogen and oxygen atoms in total. The minimum absolute atomic E-state index is 0.314. The van der Waals surface area contributed by atoms with E-state index in [9.17, 15) is 5.11 Å². The van der Waals surface area contributed by atoms with E-state index < -0.39 is 0 Å². The lowest BCUT2D eigenvalue weighted by Gasteiger charge is -2.19. The normalized spacial score (nSPS) is 10.8. The van der Waals surface area contributed by atoms with E-state index in [1.165, 1.54) is 33.4 Å². The molecule has 0 bridgehead atoms. The minimum atomic E-state index is 0.314. The molecule has 1 heteroatoms. The van der Waals surface area contributed by atoms with Gasteiger partial charge in [0.25, 0.3) is 0 Å². The van der Waals surface area contributed by atoms with Crippen molar-refractivity contribution in [2.45, 2.75) is 19.3 Å². The molecule has 0 fully saturated rings. The summed E-state index contributed by atoms with van der Waals surface area (Å²) >= 11 is 0. The average molecular weight is 441 g/mol. The molecule has 5 aromatic rings. The van der Waals surface area contributed by atoms with Crippen molar-refractivity contribution >= 4 is 0 Å². The Balaban J connectivity index is 1.68. The van der Waals surface area contributed by atoms with Crippen LogP contribution in [0.1, 0.15) is 33.4 Å². The smallest absolute Gasteiger partial charge is 0.123 e. The van der Waals surface area contributed by atoms with Crippen molar-refractivity contribution in [2.75, 3.05) is 0 Å². The van der Waals surface area contributed by atoms with Crippen molar-refractivity contribution < 1.29 is 5.11 Å². The van der Waals surface area contributed by atoms with Gasteiger partial charge in [0.1, 0.15) is 5.75 Å². The molecule has 5 rings (SSSR count). The number of hydrogen-bond acceptors (Lipinski definition) is 1. The second-order valence-electron chi connectivity index (χ2n) is 8.78. The summed E-state index contributed by atoms with van der Waals surface area (Å²) in [4.78, 5) is 0. The highest BCUT2D eigenvalue weighted by Gasteiger charge is 2.15. The Morgan fingerprint density at radius 2 is 0.853 bits per heavy atom. The van der Waals surface area contributed by atoms with Gasteiger partial charge in [-0.25, -0.2) is 0 Å². The van der Waals surface area contributed by atoms with Gasteiger partial charge in [0.15, 0.2) is 0 Å². The molecule has 34 heavy (non-hydrogen) atoms. The molecule has 0 atom stereocenters. The fourth-order valence-corrected chi connectivity index (χ4v) is 4.64. The van der Waals surface area contributed by atoms with Crippen LogP contribution < -0.4 is 0 Å². The predicted molar refractivity (Wildman–Crippen MR) is 141 cm³/mol. The number of benzene rings is 5. The number of rotatable bonds is 7. The zero-order chi connectivity index (χ0) is 23.2. The van der Waals surface area contributed by atoms with Crippen molar-refractivity contribution in [1.82, 2.24) is 0 Å². The van der Waals surface area contributed by atoms with Gasteiger partial charge in [-0.15, -0.1) is 0 Å². The largest absolute Gasteiger partial charge is 0.507 e. The number of para-hydroxylation sites is 1. The summed E-state index contributed by atoms with van der Waals surface area (Å²) in [6.45, 7) is 0. The van der Waals surface area contributed by atoms with E-state index in [1.807, 2.05) is 18.2 Å². The van der Waals surface area contributed by atoms with Crippen LogP contribution in [0.5, 0.6) is 5.75 Å².